The molecule has 1 saturated heterocycles. The number of hydrogen-bond acceptors (Lipinski definition) is 5. The van der Waals surface area contributed by atoms with E-state index >= 15 is 0 Å². The first-order valence-corrected chi connectivity index (χ1v) is 10.3. The van der Waals surface area contributed by atoms with Gasteiger partial charge in [-0.05, 0) is 23.8 Å². The predicted molar refractivity (Wildman–Crippen MR) is 118 cm³/mol. The topological polar surface area (TPSA) is 72.3 Å². The third kappa shape index (κ3) is 4.54. The van der Waals surface area contributed by atoms with Crippen LogP contribution in [-0.2, 0) is 11.3 Å². The van der Waals surface area contributed by atoms with Crippen LogP contribution in [0.1, 0.15) is 11.1 Å². The lowest BCUT2D eigenvalue weighted by Crippen LogP contribution is -2.49. The lowest BCUT2D eigenvalue weighted by atomic mass is 10.1. The number of hydrogen-bond donors (Lipinski definition) is 1. The summed E-state index contributed by atoms with van der Waals surface area (Å²) in [6, 6.07) is 17.7. The van der Waals surface area contributed by atoms with Gasteiger partial charge in [0.05, 0.1) is 23.3 Å². The molecule has 4 rings (SSSR count). The molecule has 0 bridgehead atoms. The van der Waals surface area contributed by atoms with E-state index < -0.39 is 0 Å². The van der Waals surface area contributed by atoms with Crippen LogP contribution >= 0.6 is 11.6 Å². The lowest BCUT2D eigenvalue weighted by Gasteiger charge is -2.36. The Bertz CT molecular complexity index is 1090. The molecule has 1 amide bonds. The first-order chi connectivity index (χ1) is 14.6. The van der Waals surface area contributed by atoms with E-state index in [0.717, 1.165) is 48.3 Å². The molecule has 1 fully saturated rings. The third-order valence-corrected chi connectivity index (χ3v) is 5.55. The van der Waals surface area contributed by atoms with Gasteiger partial charge in [-0.1, -0.05) is 41.9 Å². The third-order valence-electron chi connectivity index (χ3n) is 5.31. The van der Waals surface area contributed by atoms with Crippen LogP contribution < -0.4 is 10.2 Å². The van der Waals surface area contributed by atoms with Crippen molar-refractivity contribution < 1.29 is 4.79 Å². The first kappa shape index (κ1) is 20.1. The molecular weight excluding hydrogens is 398 g/mol. The van der Waals surface area contributed by atoms with E-state index in [0.29, 0.717) is 23.7 Å². The summed E-state index contributed by atoms with van der Waals surface area (Å²) in [5.41, 5.74) is 3.32. The van der Waals surface area contributed by atoms with Crippen molar-refractivity contribution in [2.24, 2.45) is 0 Å². The predicted octanol–water partition coefficient (Wildman–Crippen LogP) is 3.20. The average molecular weight is 420 g/mol. The van der Waals surface area contributed by atoms with Crippen LogP contribution in [0, 0.1) is 11.3 Å². The molecule has 0 aliphatic carbocycles. The molecule has 6 nitrogen and oxygen atoms in total. The van der Waals surface area contributed by atoms with Gasteiger partial charge >= 0.3 is 0 Å². The highest BCUT2D eigenvalue weighted by Gasteiger charge is 2.23. The second-order valence-corrected chi connectivity index (χ2v) is 7.76. The highest BCUT2D eigenvalue weighted by atomic mass is 35.5. The minimum Gasteiger partial charge on any atom is -0.367 e. The van der Waals surface area contributed by atoms with Crippen LogP contribution in [0.2, 0.25) is 5.02 Å². The highest BCUT2D eigenvalue weighted by molar-refractivity contribution is 6.31. The summed E-state index contributed by atoms with van der Waals surface area (Å²) in [5.74, 6) is 0.0196. The monoisotopic (exact) mass is 419 g/mol. The van der Waals surface area contributed by atoms with Crippen molar-refractivity contribution >= 4 is 34.1 Å². The highest BCUT2D eigenvalue weighted by Crippen LogP contribution is 2.31. The summed E-state index contributed by atoms with van der Waals surface area (Å²) in [6.07, 6.45) is 1.62. The van der Waals surface area contributed by atoms with Crippen molar-refractivity contribution in [2.75, 3.05) is 37.6 Å². The summed E-state index contributed by atoms with van der Waals surface area (Å²) < 4.78 is 0. The average Bonchev–Trinajstić information content (AvgIpc) is 2.78. The number of pyridine rings is 1. The van der Waals surface area contributed by atoms with E-state index in [1.165, 1.54) is 0 Å². The van der Waals surface area contributed by atoms with Crippen LogP contribution in [-0.4, -0.2) is 48.5 Å². The number of nitriles is 1. The number of fused-ring (bicyclic) bond motifs is 1. The Labute approximate surface area is 180 Å². The number of nitrogens with zero attached hydrogens (tertiary/aromatic N) is 4. The quantitative estimate of drug-likeness (QED) is 0.687. The molecule has 2 aromatic carbocycles. The second-order valence-electron chi connectivity index (χ2n) is 7.32. The number of carbonyl (C=O) groups is 1. The van der Waals surface area contributed by atoms with Crippen LogP contribution in [0.4, 0.5) is 5.69 Å². The number of nitrogens with one attached hydrogen (secondary N) is 1. The number of benzene rings is 2. The van der Waals surface area contributed by atoms with Gasteiger partial charge in [0.2, 0.25) is 5.91 Å². The van der Waals surface area contributed by atoms with Crippen LogP contribution in [0.15, 0.2) is 54.7 Å². The SMILES string of the molecule is N#Cc1cnc2ccc(Cl)cc2c1N1CCN(CC(=O)NCc2ccccc2)CC1. The van der Waals surface area contributed by atoms with E-state index in [2.05, 4.69) is 26.2 Å². The molecule has 1 aromatic heterocycles. The molecule has 1 aliphatic rings. The maximum absolute atomic E-state index is 12.3. The fraction of sp³-hybridized carbons (Fsp3) is 0.261. The van der Waals surface area contributed by atoms with E-state index in [4.69, 9.17) is 11.6 Å². The molecule has 0 spiro atoms. The molecule has 0 atom stereocenters. The maximum Gasteiger partial charge on any atom is 0.234 e. The minimum absolute atomic E-state index is 0.0196. The van der Waals surface area contributed by atoms with Crippen molar-refractivity contribution in [3.63, 3.8) is 0 Å². The summed E-state index contributed by atoms with van der Waals surface area (Å²) in [6.45, 7) is 3.85. The van der Waals surface area contributed by atoms with Crippen molar-refractivity contribution in [1.29, 1.82) is 5.26 Å². The molecular formula is C23H22ClN5O. The Kier molecular flexibility index (Phi) is 6.12. The van der Waals surface area contributed by atoms with E-state index in [-0.39, 0.29) is 5.91 Å². The molecule has 30 heavy (non-hydrogen) atoms. The number of halogens is 1. The summed E-state index contributed by atoms with van der Waals surface area (Å²) in [5, 5.41) is 14.1. The molecule has 7 heteroatoms. The maximum atomic E-state index is 12.3. The molecule has 0 unspecified atom stereocenters. The van der Waals surface area contributed by atoms with Crippen LogP contribution in [0.3, 0.4) is 0 Å². The second kappa shape index (κ2) is 9.12. The van der Waals surface area contributed by atoms with E-state index in [1.54, 1.807) is 12.3 Å². The standard InChI is InChI=1S/C23H22ClN5O/c24-19-6-7-21-20(12-19)23(18(13-25)15-26-21)29-10-8-28(9-11-29)16-22(30)27-14-17-4-2-1-3-5-17/h1-7,12,15H,8-11,14,16H2,(H,27,30). The number of carbonyl (C=O) groups excluding carboxylic acids is 1. The van der Waals surface area contributed by atoms with Crippen molar-refractivity contribution in [1.82, 2.24) is 15.2 Å². The molecule has 2 heterocycles. The Morgan fingerprint density at radius 1 is 1.13 bits per heavy atom. The fourth-order valence-corrected chi connectivity index (χ4v) is 3.93. The molecule has 0 radical (unpaired) electrons. The van der Waals surface area contributed by atoms with Crippen LogP contribution in [0.25, 0.3) is 10.9 Å². The normalized spacial score (nSPS) is 14.5. The first-order valence-electron chi connectivity index (χ1n) is 9.90. The van der Waals surface area contributed by atoms with Crippen molar-refractivity contribution in [3.8, 4) is 6.07 Å². The molecule has 3 aromatic rings. The van der Waals surface area contributed by atoms with Gasteiger partial charge < -0.3 is 10.2 Å². The zero-order valence-electron chi connectivity index (χ0n) is 16.5. The van der Waals surface area contributed by atoms with Gasteiger partial charge in [-0.2, -0.15) is 5.26 Å². The molecule has 1 N–H and O–H groups in total. The van der Waals surface area contributed by atoms with E-state index in [1.807, 2.05) is 42.5 Å². The minimum atomic E-state index is 0.0196. The number of anilines is 1. The van der Waals surface area contributed by atoms with Gasteiger partial charge in [-0.3, -0.25) is 14.7 Å². The molecule has 1 aliphatic heterocycles. The van der Waals surface area contributed by atoms with E-state index in [9.17, 15) is 10.1 Å². The fourth-order valence-electron chi connectivity index (χ4n) is 3.76. The Hall–Kier alpha value is -3.14. The summed E-state index contributed by atoms with van der Waals surface area (Å²) >= 11 is 6.20. The lowest BCUT2D eigenvalue weighted by molar-refractivity contribution is -0.122. The molecule has 152 valence electrons. The molecule has 0 saturated carbocycles. The number of piperazine rings is 1. The van der Waals surface area contributed by atoms with Gasteiger partial charge in [0.15, 0.2) is 0 Å². The van der Waals surface area contributed by atoms with Gasteiger partial charge in [0.1, 0.15) is 6.07 Å². The van der Waals surface area contributed by atoms with Gasteiger partial charge in [0.25, 0.3) is 0 Å². The number of rotatable bonds is 5. The zero-order valence-corrected chi connectivity index (χ0v) is 17.3. The zero-order chi connectivity index (χ0) is 20.9. The van der Waals surface area contributed by atoms with Gasteiger partial charge in [-0.15, -0.1) is 0 Å². The smallest absolute Gasteiger partial charge is 0.234 e. The Balaban J connectivity index is 1.39. The Morgan fingerprint density at radius 3 is 2.63 bits per heavy atom. The summed E-state index contributed by atoms with van der Waals surface area (Å²) in [7, 11) is 0. The summed E-state index contributed by atoms with van der Waals surface area (Å²) in [4.78, 5) is 21.0. The largest absolute Gasteiger partial charge is 0.367 e. The van der Waals surface area contributed by atoms with Gasteiger partial charge in [-0.25, -0.2) is 0 Å². The number of amides is 1. The number of aromatic nitrogens is 1. The van der Waals surface area contributed by atoms with Crippen molar-refractivity contribution in [2.45, 2.75) is 6.54 Å². The Morgan fingerprint density at radius 2 is 1.90 bits per heavy atom. The van der Waals surface area contributed by atoms with Gasteiger partial charge in [0, 0.05) is 49.3 Å². The van der Waals surface area contributed by atoms with Crippen molar-refractivity contribution in [3.05, 3.63) is 70.9 Å². The van der Waals surface area contributed by atoms with Crippen LogP contribution in [0.5, 0.6) is 0 Å².